The summed E-state index contributed by atoms with van der Waals surface area (Å²) in [5.41, 5.74) is 1.45. The molecule has 1 aliphatic heterocycles. The average molecular weight is 210 g/mol. The van der Waals surface area contributed by atoms with E-state index in [9.17, 15) is 0 Å². The third kappa shape index (κ3) is 5.95. The minimum atomic E-state index is 0.832. The molecule has 0 saturated carbocycles. The van der Waals surface area contributed by atoms with E-state index < -0.39 is 0 Å². The van der Waals surface area contributed by atoms with E-state index in [1.165, 1.54) is 51.1 Å². The second-order valence-electron chi connectivity index (χ2n) is 5.01. The standard InChI is InChI=1S/C13H26N2/c1-12(2)5-4-6-13(3)11-15-9-7-14-8-10-15/h5,13-14H,4,6-11H2,1-3H3. The molecule has 0 aromatic carbocycles. The summed E-state index contributed by atoms with van der Waals surface area (Å²) in [5, 5.41) is 3.39. The quantitative estimate of drug-likeness (QED) is 0.700. The highest BCUT2D eigenvalue weighted by atomic mass is 15.2. The number of piperazine rings is 1. The lowest BCUT2D eigenvalue weighted by Crippen LogP contribution is -2.45. The van der Waals surface area contributed by atoms with Gasteiger partial charge in [0.2, 0.25) is 0 Å². The van der Waals surface area contributed by atoms with Crippen molar-refractivity contribution in [1.82, 2.24) is 10.2 Å². The van der Waals surface area contributed by atoms with Crippen LogP contribution in [0.25, 0.3) is 0 Å². The molecule has 1 atom stereocenters. The maximum Gasteiger partial charge on any atom is 0.0107 e. The van der Waals surface area contributed by atoms with Gasteiger partial charge in [0.05, 0.1) is 0 Å². The fourth-order valence-electron chi connectivity index (χ4n) is 2.08. The van der Waals surface area contributed by atoms with Crippen molar-refractivity contribution in [2.75, 3.05) is 32.7 Å². The fourth-order valence-corrected chi connectivity index (χ4v) is 2.08. The van der Waals surface area contributed by atoms with Gasteiger partial charge in [-0.15, -0.1) is 0 Å². The second-order valence-corrected chi connectivity index (χ2v) is 5.01. The van der Waals surface area contributed by atoms with E-state index in [0.717, 1.165) is 5.92 Å². The van der Waals surface area contributed by atoms with Gasteiger partial charge in [-0.3, -0.25) is 0 Å². The number of allylic oxidation sites excluding steroid dienone is 2. The van der Waals surface area contributed by atoms with E-state index in [2.05, 4.69) is 37.1 Å². The molecule has 0 spiro atoms. The molecular weight excluding hydrogens is 184 g/mol. The molecule has 2 nitrogen and oxygen atoms in total. The normalized spacial score (nSPS) is 19.9. The highest BCUT2D eigenvalue weighted by Crippen LogP contribution is 2.10. The van der Waals surface area contributed by atoms with Crippen molar-refractivity contribution in [3.05, 3.63) is 11.6 Å². The zero-order chi connectivity index (χ0) is 11.1. The summed E-state index contributed by atoms with van der Waals surface area (Å²) in [4.78, 5) is 2.59. The van der Waals surface area contributed by atoms with Crippen molar-refractivity contribution < 1.29 is 0 Å². The first kappa shape index (κ1) is 12.7. The first-order valence-corrected chi connectivity index (χ1v) is 6.25. The Bertz CT molecular complexity index is 189. The molecule has 0 aromatic rings. The van der Waals surface area contributed by atoms with Gasteiger partial charge in [-0.1, -0.05) is 18.6 Å². The fraction of sp³-hybridized carbons (Fsp3) is 0.846. The Hall–Kier alpha value is -0.340. The number of nitrogens with zero attached hydrogens (tertiary/aromatic N) is 1. The Morgan fingerprint density at radius 2 is 2.00 bits per heavy atom. The van der Waals surface area contributed by atoms with Crippen molar-refractivity contribution in [3.63, 3.8) is 0 Å². The monoisotopic (exact) mass is 210 g/mol. The molecule has 1 N–H and O–H groups in total. The van der Waals surface area contributed by atoms with Gasteiger partial charge in [0.15, 0.2) is 0 Å². The largest absolute Gasteiger partial charge is 0.314 e. The van der Waals surface area contributed by atoms with Gasteiger partial charge in [-0.25, -0.2) is 0 Å². The van der Waals surface area contributed by atoms with Crippen LogP contribution in [0, 0.1) is 5.92 Å². The minimum Gasteiger partial charge on any atom is -0.314 e. The lowest BCUT2D eigenvalue weighted by Gasteiger charge is -2.29. The lowest BCUT2D eigenvalue weighted by atomic mass is 10.0. The molecule has 1 heterocycles. The molecule has 1 saturated heterocycles. The van der Waals surface area contributed by atoms with Gasteiger partial charge >= 0.3 is 0 Å². The molecule has 0 amide bonds. The van der Waals surface area contributed by atoms with Crippen LogP contribution in [0.3, 0.4) is 0 Å². The topological polar surface area (TPSA) is 15.3 Å². The number of hydrogen-bond donors (Lipinski definition) is 1. The molecule has 0 aliphatic carbocycles. The molecule has 88 valence electrons. The van der Waals surface area contributed by atoms with Crippen LogP contribution in [-0.2, 0) is 0 Å². The zero-order valence-corrected chi connectivity index (χ0v) is 10.6. The molecule has 1 aliphatic rings. The second kappa shape index (κ2) is 7.02. The molecular formula is C13H26N2. The molecule has 15 heavy (non-hydrogen) atoms. The van der Waals surface area contributed by atoms with Gasteiger partial charge in [0.1, 0.15) is 0 Å². The summed E-state index contributed by atoms with van der Waals surface area (Å²) in [5.74, 6) is 0.832. The van der Waals surface area contributed by atoms with Crippen LogP contribution >= 0.6 is 0 Å². The van der Waals surface area contributed by atoms with Crippen molar-refractivity contribution in [3.8, 4) is 0 Å². The number of nitrogens with one attached hydrogen (secondary N) is 1. The molecule has 0 bridgehead atoms. The van der Waals surface area contributed by atoms with E-state index in [4.69, 9.17) is 0 Å². The van der Waals surface area contributed by atoms with E-state index >= 15 is 0 Å². The smallest absolute Gasteiger partial charge is 0.0107 e. The zero-order valence-electron chi connectivity index (χ0n) is 10.6. The summed E-state index contributed by atoms with van der Waals surface area (Å²) in [6, 6.07) is 0. The first-order chi connectivity index (χ1) is 7.18. The van der Waals surface area contributed by atoms with Crippen LogP contribution in [0.15, 0.2) is 11.6 Å². The Balaban J connectivity index is 2.11. The SMILES string of the molecule is CC(C)=CCCC(C)CN1CCNCC1. The average Bonchev–Trinajstić information content (AvgIpc) is 2.18. The van der Waals surface area contributed by atoms with E-state index in [-0.39, 0.29) is 0 Å². The van der Waals surface area contributed by atoms with Gasteiger partial charge < -0.3 is 10.2 Å². The predicted molar refractivity (Wildman–Crippen MR) is 67.1 cm³/mol. The molecule has 0 aromatic heterocycles. The van der Waals surface area contributed by atoms with Crippen molar-refractivity contribution >= 4 is 0 Å². The van der Waals surface area contributed by atoms with Gasteiger partial charge in [0, 0.05) is 32.7 Å². The maximum atomic E-state index is 3.39. The van der Waals surface area contributed by atoms with Crippen molar-refractivity contribution in [1.29, 1.82) is 0 Å². The summed E-state index contributed by atoms with van der Waals surface area (Å²) >= 11 is 0. The van der Waals surface area contributed by atoms with Gasteiger partial charge in [0.25, 0.3) is 0 Å². The first-order valence-electron chi connectivity index (χ1n) is 6.25. The summed E-state index contributed by atoms with van der Waals surface area (Å²) in [6.45, 7) is 12.8. The predicted octanol–water partition coefficient (Wildman–Crippen LogP) is 2.27. The molecule has 2 heteroatoms. The molecule has 1 unspecified atom stereocenters. The van der Waals surface area contributed by atoms with Crippen LogP contribution in [0.5, 0.6) is 0 Å². The van der Waals surface area contributed by atoms with E-state index in [1.54, 1.807) is 0 Å². The Morgan fingerprint density at radius 1 is 1.33 bits per heavy atom. The van der Waals surface area contributed by atoms with Gasteiger partial charge in [-0.2, -0.15) is 0 Å². The van der Waals surface area contributed by atoms with Crippen LogP contribution in [0.2, 0.25) is 0 Å². The minimum absolute atomic E-state index is 0.832. The van der Waals surface area contributed by atoms with Crippen LogP contribution < -0.4 is 5.32 Å². The molecule has 1 rings (SSSR count). The summed E-state index contributed by atoms with van der Waals surface area (Å²) in [7, 11) is 0. The summed E-state index contributed by atoms with van der Waals surface area (Å²) < 4.78 is 0. The summed E-state index contributed by atoms with van der Waals surface area (Å²) in [6.07, 6.45) is 4.93. The maximum absolute atomic E-state index is 3.39. The highest BCUT2D eigenvalue weighted by Gasteiger charge is 2.12. The van der Waals surface area contributed by atoms with Crippen molar-refractivity contribution in [2.24, 2.45) is 5.92 Å². The van der Waals surface area contributed by atoms with Crippen LogP contribution in [0.4, 0.5) is 0 Å². The van der Waals surface area contributed by atoms with Gasteiger partial charge in [-0.05, 0) is 32.6 Å². The van der Waals surface area contributed by atoms with E-state index in [1.807, 2.05) is 0 Å². The number of hydrogen-bond acceptors (Lipinski definition) is 2. The van der Waals surface area contributed by atoms with Crippen LogP contribution in [0.1, 0.15) is 33.6 Å². The van der Waals surface area contributed by atoms with E-state index in [0.29, 0.717) is 0 Å². The third-order valence-electron chi connectivity index (χ3n) is 2.99. The Kier molecular flexibility index (Phi) is 5.96. The number of rotatable bonds is 5. The van der Waals surface area contributed by atoms with Crippen molar-refractivity contribution in [2.45, 2.75) is 33.6 Å². The Morgan fingerprint density at radius 3 is 2.60 bits per heavy atom. The van der Waals surface area contributed by atoms with Crippen LogP contribution in [-0.4, -0.2) is 37.6 Å². The molecule has 0 radical (unpaired) electrons. The highest BCUT2D eigenvalue weighted by molar-refractivity contribution is 4.92. The lowest BCUT2D eigenvalue weighted by molar-refractivity contribution is 0.207. The third-order valence-corrected chi connectivity index (χ3v) is 2.99. The Labute approximate surface area is 94.7 Å². The molecule has 1 fully saturated rings.